The Morgan fingerprint density at radius 3 is 2.25 bits per heavy atom. The van der Waals surface area contributed by atoms with Crippen LogP contribution in [0.4, 0.5) is 10.1 Å². The summed E-state index contributed by atoms with van der Waals surface area (Å²) in [4.78, 5) is 34.1. The number of benzene rings is 2. The zero-order chi connectivity index (χ0) is 17.7. The summed E-state index contributed by atoms with van der Waals surface area (Å²) in [7, 11) is 0. The van der Waals surface area contributed by atoms with Crippen molar-refractivity contribution >= 4 is 23.2 Å². The number of nitrogens with one attached hydrogen (secondary N) is 1. The SMILES string of the molecule is CC(=O)Nc1ccc(C(=O)COc2ccc(C(C)=O)cc2)c(F)c1. The van der Waals surface area contributed by atoms with Gasteiger partial charge in [-0.15, -0.1) is 0 Å². The Balaban J connectivity index is 2.01. The van der Waals surface area contributed by atoms with Crippen LogP contribution in [0.5, 0.6) is 5.75 Å². The summed E-state index contributed by atoms with van der Waals surface area (Å²) in [6.45, 7) is 2.42. The van der Waals surface area contributed by atoms with Gasteiger partial charge in [-0.1, -0.05) is 0 Å². The molecule has 2 aromatic carbocycles. The smallest absolute Gasteiger partial charge is 0.221 e. The van der Waals surface area contributed by atoms with Gasteiger partial charge in [-0.2, -0.15) is 0 Å². The van der Waals surface area contributed by atoms with Crippen LogP contribution in [0.3, 0.4) is 0 Å². The van der Waals surface area contributed by atoms with E-state index < -0.39 is 11.6 Å². The minimum atomic E-state index is -0.734. The van der Waals surface area contributed by atoms with E-state index >= 15 is 0 Å². The van der Waals surface area contributed by atoms with Crippen molar-refractivity contribution < 1.29 is 23.5 Å². The van der Waals surface area contributed by atoms with E-state index in [9.17, 15) is 18.8 Å². The maximum Gasteiger partial charge on any atom is 0.221 e. The summed E-state index contributed by atoms with van der Waals surface area (Å²) in [5.41, 5.74) is 0.690. The van der Waals surface area contributed by atoms with E-state index in [0.29, 0.717) is 11.3 Å². The molecule has 5 nitrogen and oxygen atoms in total. The fourth-order valence-electron chi connectivity index (χ4n) is 2.03. The van der Waals surface area contributed by atoms with Crippen molar-refractivity contribution in [3.05, 3.63) is 59.4 Å². The van der Waals surface area contributed by atoms with Crippen molar-refractivity contribution in [2.24, 2.45) is 0 Å². The van der Waals surface area contributed by atoms with Crippen molar-refractivity contribution in [1.29, 1.82) is 0 Å². The number of hydrogen-bond donors (Lipinski definition) is 1. The lowest BCUT2D eigenvalue weighted by molar-refractivity contribution is -0.114. The minimum absolute atomic E-state index is 0.0704. The third-order valence-electron chi connectivity index (χ3n) is 3.22. The Bertz CT molecular complexity index is 784. The minimum Gasteiger partial charge on any atom is -0.485 e. The standard InChI is InChI=1S/C18H16FNO4/c1-11(21)13-3-6-15(7-4-13)24-10-18(23)16-8-5-14(9-17(16)19)20-12(2)22/h3-9H,10H2,1-2H3,(H,20,22). The summed E-state index contributed by atoms with van der Waals surface area (Å²) in [5.74, 6) is -1.26. The second-order valence-corrected chi connectivity index (χ2v) is 5.17. The van der Waals surface area contributed by atoms with Crippen LogP contribution in [0.2, 0.25) is 0 Å². The van der Waals surface area contributed by atoms with Gasteiger partial charge < -0.3 is 10.1 Å². The molecule has 0 saturated heterocycles. The normalized spacial score (nSPS) is 10.1. The topological polar surface area (TPSA) is 72.5 Å². The first-order valence-corrected chi connectivity index (χ1v) is 7.21. The van der Waals surface area contributed by atoms with E-state index in [1.54, 1.807) is 24.3 Å². The van der Waals surface area contributed by atoms with Gasteiger partial charge in [0.25, 0.3) is 0 Å². The monoisotopic (exact) mass is 329 g/mol. The molecule has 1 amide bonds. The Labute approximate surface area is 138 Å². The summed E-state index contributed by atoms with van der Waals surface area (Å²) in [5, 5.41) is 2.43. The molecule has 2 rings (SSSR count). The fourth-order valence-corrected chi connectivity index (χ4v) is 2.03. The average Bonchev–Trinajstić information content (AvgIpc) is 2.52. The number of hydrogen-bond acceptors (Lipinski definition) is 4. The van der Waals surface area contributed by atoms with Crippen LogP contribution in [0.25, 0.3) is 0 Å². The molecule has 0 heterocycles. The first-order chi connectivity index (χ1) is 11.4. The molecule has 0 aliphatic heterocycles. The molecule has 0 aliphatic rings. The van der Waals surface area contributed by atoms with Gasteiger partial charge >= 0.3 is 0 Å². The van der Waals surface area contributed by atoms with Crippen molar-refractivity contribution in [1.82, 2.24) is 0 Å². The number of Topliss-reactive ketones (excluding diaryl/α,β-unsaturated/α-hetero) is 2. The molecular weight excluding hydrogens is 313 g/mol. The first-order valence-electron chi connectivity index (χ1n) is 7.21. The first kappa shape index (κ1) is 17.3. The van der Waals surface area contributed by atoms with Gasteiger partial charge in [0.15, 0.2) is 12.4 Å². The highest BCUT2D eigenvalue weighted by molar-refractivity contribution is 5.98. The van der Waals surface area contributed by atoms with E-state index in [1.165, 1.54) is 26.0 Å². The Morgan fingerprint density at radius 2 is 1.71 bits per heavy atom. The summed E-state index contributed by atoms with van der Waals surface area (Å²) < 4.78 is 19.3. The number of carbonyl (C=O) groups excluding carboxylic acids is 3. The van der Waals surface area contributed by atoms with Crippen molar-refractivity contribution in [3.8, 4) is 5.75 Å². The lowest BCUT2D eigenvalue weighted by Gasteiger charge is -2.08. The number of anilines is 1. The Kier molecular flexibility index (Phi) is 5.42. The average molecular weight is 329 g/mol. The molecule has 0 spiro atoms. The lowest BCUT2D eigenvalue weighted by atomic mass is 10.1. The van der Waals surface area contributed by atoms with Gasteiger partial charge in [0.1, 0.15) is 11.6 Å². The summed E-state index contributed by atoms with van der Waals surface area (Å²) in [6, 6.07) is 10.1. The van der Waals surface area contributed by atoms with E-state index in [0.717, 1.165) is 6.07 Å². The van der Waals surface area contributed by atoms with Gasteiger partial charge in [0, 0.05) is 18.2 Å². The predicted octanol–water partition coefficient (Wildman–Crippen LogP) is 3.25. The van der Waals surface area contributed by atoms with Crippen LogP contribution in [0.1, 0.15) is 34.6 Å². The molecule has 6 heteroatoms. The molecule has 0 saturated carbocycles. The third-order valence-corrected chi connectivity index (χ3v) is 3.22. The second kappa shape index (κ2) is 7.50. The van der Waals surface area contributed by atoms with E-state index in [-0.39, 0.29) is 29.5 Å². The number of ketones is 2. The zero-order valence-corrected chi connectivity index (χ0v) is 13.3. The maximum atomic E-state index is 14.0. The Morgan fingerprint density at radius 1 is 1.04 bits per heavy atom. The maximum absolute atomic E-state index is 14.0. The van der Waals surface area contributed by atoms with Gasteiger partial charge in [0.05, 0.1) is 5.56 Å². The van der Waals surface area contributed by atoms with Crippen LogP contribution in [-0.4, -0.2) is 24.1 Å². The van der Waals surface area contributed by atoms with Crippen molar-refractivity contribution in [2.75, 3.05) is 11.9 Å². The summed E-state index contributed by atoms with van der Waals surface area (Å²) >= 11 is 0. The third kappa shape index (κ3) is 4.49. The number of carbonyl (C=O) groups is 3. The molecule has 24 heavy (non-hydrogen) atoms. The van der Waals surface area contributed by atoms with E-state index in [2.05, 4.69) is 5.32 Å². The van der Waals surface area contributed by atoms with Gasteiger partial charge in [-0.3, -0.25) is 14.4 Å². The van der Waals surface area contributed by atoms with Gasteiger partial charge in [-0.25, -0.2) is 4.39 Å². The molecule has 2 aromatic rings. The number of ether oxygens (including phenoxy) is 1. The number of rotatable bonds is 6. The molecule has 0 aromatic heterocycles. The zero-order valence-electron chi connectivity index (χ0n) is 13.3. The van der Waals surface area contributed by atoms with Crippen molar-refractivity contribution in [3.63, 3.8) is 0 Å². The van der Waals surface area contributed by atoms with E-state index in [4.69, 9.17) is 4.74 Å². The largest absolute Gasteiger partial charge is 0.485 e. The highest BCUT2D eigenvalue weighted by Crippen LogP contribution is 2.17. The quantitative estimate of drug-likeness (QED) is 0.826. The molecule has 0 radical (unpaired) electrons. The van der Waals surface area contributed by atoms with Crippen LogP contribution in [-0.2, 0) is 4.79 Å². The molecule has 124 valence electrons. The highest BCUT2D eigenvalue weighted by atomic mass is 19.1. The molecule has 0 fully saturated rings. The second-order valence-electron chi connectivity index (χ2n) is 5.17. The number of amides is 1. The van der Waals surface area contributed by atoms with Crippen LogP contribution in [0, 0.1) is 5.82 Å². The number of halogens is 1. The Hall–Kier alpha value is -3.02. The predicted molar refractivity (Wildman–Crippen MR) is 87.0 cm³/mol. The van der Waals surface area contributed by atoms with Crippen LogP contribution < -0.4 is 10.1 Å². The van der Waals surface area contributed by atoms with Gasteiger partial charge in [-0.05, 0) is 49.4 Å². The molecule has 0 unspecified atom stereocenters. The molecule has 0 bridgehead atoms. The summed E-state index contributed by atoms with van der Waals surface area (Å²) in [6.07, 6.45) is 0. The molecule has 1 N–H and O–H groups in total. The fraction of sp³-hybridized carbons (Fsp3) is 0.167. The van der Waals surface area contributed by atoms with Gasteiger partial charge in [0.2, 0.25) is 11.7 Å². The highest BCUT2D eigenvalue weighted by Gasteiger charge is 2.13. The molecule has 0 aliphatic carbocycles. The van der Waals surface area contributed by atoms with Crippen molar-refractivity contribution in [2.45, 2.75) is 13.8 Å². The lowest BCUT2D eigenvalue weighted by Crippen LogP contribution is -2.14. The van der Waals surface area contributed by atoms with E-state index in [1.807, 2.05) is 0 Å². The molecule has 0 atom stereocenters. The molecular formula is C18H16FNO4. The van der Waals surface area contributed by atoms with Crippen LogP contribution >= 0.6 is 0 Å². The van der Waals surface area contributed by atoms with Crippen LogP contribution in [0.15, 0.2) is 42.5 Å².